The minimum Gasteiger partial charge on any atom is -0.374 e. The number of morpholine rings is 1. The highest BCUT2D eigenvalue weighted by Gasteiger charge is 2.51. The normalized spacial score (nSPS) is 28.3. The summed E-state index contributed by atoms with van der Waals surface area (Å²) >= 11 is 0. The van der Waals surface area contributed by atoms with Gasteiger partial charge in [-0.2, -0.15) is 0 Å². The largest absolute Gasteiger partial charge is 0.374 e. The van der Waals surface area contributed by atoms with E-state index < -0.39 is 6.04 Å². The van der Waals surface area contributed by atoms with Gasteiger partial charge in [0.05, 0.1) is 24.5 Å². The Bertz CT molecular complexity index is 649. The monoisotopic (exact) mass is 419 g/mol. The SMILES string of the molecule is CC(C)CC(C(=O)NCC1CN(CC(C)C)CCO1)N1C(=O)C2CC=CCC2C1=O. The van der Waals surface area contributed by atoms with Crippen LogP contribution in [0.3, 0.4) is 0 Å². The van der Waals surface area contributed by atoms with Crippen molar-refractivity contribution in [3.63, 3.8) is 0 Å². The van der Waals surface area contributed by atoms with Crippen molar-refractivity contribution in [2.24, 2.45) is 23.7 Å². The summed E-state index contributed by atoms with van der Waals surface area (Å²) in [6, 6.07) is -0.744. The quantitative estimate of drug-likeness (QED) is 0.480. The molecule has 0 saturated carbocycles. The van der Waals surface area contributed by atoms with Crippen LogP contribution in [-0.2, 0) is 19.1 Å². The smallest absolute Gasteiger partial charge is 0.243 e. The zero-order valence-electron chi connectivity index (χ0n) is 18.8. The van der Waals surface area contributed by atoms with E-state index in [4.69, 9.17) is 4.74 Å². The number of imide groups is 1. The second kappa shape index (κ2) is 10.1. The van der Waals surface area contributed by atoms with Crippen LogP contribution in [0.2, 0.25) is 0 Å². The molecule has 3 aliphatic rings. The van der Waals surface area contributed by atoms with Crippen molar-refractivity contribution in [3.05, 3.63) is 12.2 Å². The van der Waals surface area contributed by atoms with Crippen molar-refractivity contribution in [2.75, 3.05) is 32.8 Å². The van der Waals surface area contributed by atoms with Crippen LogP contribution in [0, 0.1) is 23.7 Å². The molecule has 0 bridgehead atoms. The molecule has 7 nitrogen and oxygen atoms in total. The Morgan fingerprint density at radius 2 is 1.73 bits per heavy atom. The molecule has 168 valence electrons. The number of likely N-dealkylation sites (tertiary alicyclic amines) is 1. The molecule has 0 spiro atoms. The average molecular weight is 420 g/mol. The summed E-state index contributed by atoms with van der Waals surface area (Å²) in [5, 5.41) is 2.98. The van der Waals surface area contributed by atoms with Gasteiger partial charge in [-0.15, -0.1) is 0 Å². The molecule has 7 heteroatoms. The number of carbonyl (C=O) groups excluding carboxylic acids is 3. The summed E-state index contributed by atoms with van der Waals surface area (Å²) in [7, 11) is 0. The number of hydrogen-bond donors (Lipinski definition) is 1. The number of ether oxygens (including phenoxy) is 1. The van der Waals surface area contributed by atoms with E-state index in [2.05, 4.69) is 24.1 Å². The number of rotatable bonds is 8. The first kappa shape index (κ1) is 22.9. The van der Waals surface area contributed by atoms with Gasteiger partial charge in [0.1, 0.15) is 6.04 Å². The lowest BCUT2D eigenvalue weighted by Gasteiger charge is -2.34. The lowest BCUT2D eigenvalue weighted by molar-refractivity contribution is -0.148. The second-order valence-corrected chi connectivity index (χ2v) is 9.74. The molecule has 1 N–H and O–H groups in total. The summed E-state index contributed by atoms with van der Waals surface area (Å²) in [5.41, 5.74) is 0. The Morgan fingerprint density at radius 1 is 1.10 bits per heavy atom. The summed E-state index contributed by atoms with van der Waals surface area (Å²) in [6.07, 6.45) is 5.51. The van der Waals surface area contributed by atoms with Crippen molar-refractivity contribution >= 4 is 17.7 Å². The first-order valence-corrected chi connectivity index (χ1v) is 11.4. The fourth-order valence-electron chi connectivity index (χ4n) is 4.83. The van der Waals surface area contributed by atoms with Crippen molar-refractivity contribution in [2.45, 2.75) is 59.1 Å². The number of allylic oxidation sites excluding steroid dienone is 2. The van der Waals surface area contributed by atoms with Gasteiger partial charge >= 0.3 is 0 Å². The van der Waals surface area contributed by atoms with Gasteiger partial charge in [-0.1, -0.05) is 39.8 Å². The van der Waals surface area contributed by atoms with Crippen LogP contribution >= 0.6 is 0 Å². The predicted octanol–water partition coefficient (Wildman–Crippen LogP) is 1.83. The minimum absolute atomic E-state index is 0.0714. The molecule has 3 rings (SSSR count). The van der Waals surface area contributed by atoms with Crippen LogP contribution in [-0.4, -0.2) is 72.5 Å². The van der Waals surface area contributed by atoms with Crippen molar-refractivity contribution in [1.29, 1.82) is 0 Å². The first-order chi connectivity index (χ1) is 14.3. The Kier molecular flexibility index (Phi) is 7.69. The van der Waals surface area contributed by atoms with Crippen molar-refractivity contribution in [1.82, 2.24) is 15.1 Å². The topological polar surface area (TPSA) is 79.0 Å². The molecule has 0 radical (unpaired) electrons. The molecule has 1 aliphatic carbocycles. The third-order valence-corrected chi connectivity index (χ3v) is 6.20. The van der Waals surface area contributed by atoms with Crippen LogP contribution < -0.4 is 5.32 Å². The maximum absolute atomic E-state index is 13.1. The molecule has 0 aromatic carbocycles. The molecule has 0 aromatic heterocycles. The third kappa shape index (κ3) is 5.30. The van der Waals surface area contributed by atoms with E-state index in [1.807, 2.05) is 26.0 Å². The predicted molar refractivity (Wildman–Crippen MR) is 114 cm³/mol. The molecule has 2 fully saturated rings. The van der Waals surface area contributed by atoms with Crippen LogP contribution in [0.1, 0.15) is 47.0 Å². The average Bonchev–Trinajstić information content (AvgIpc) is 2.95. The maximum atomic E-state index is 13.1. The zero-order valence-corrected chi connectivity index (χ0v) is 18.8. The molecule has 0 aromatic rings. The van der Waals surface area contributed by atoms with Crippen LogP contribution in [0.5, 0.6) is 0 Å². The number of amides is 3. The molecule has 30 heavy (non-hydrogen) atoms. The molecule has 2 aliphatic heterocycles. The fraction of sp³-hybridized carbons (Fsp3) is 0.783. The summed E-state index contributed by atoms with van der Waals surface area (Å²) < 4.78 is 5.83. The van der Waals surface area contributed by atoms with E-state index in [9.17, 15) is 14.4 Å². The van der Waals surface area contributed by atoms with Crippen molar-refractivity contribution < 1.29 is 19.1 Å². The third-order valence-electron chi connectivity index (χ3n) is 6.20. The number of fused-ring (bicyclic) bond motifs is 1. The number of carbonyl (C=O) groups is 3. The highest BCUT2D eigenvalue weighted by Crippen LogP contribution is 2.37. The highest BCUT2D eigenvalue weighted by atomic mass is 16.5. The van der Waals surface area contributed by atoms with Gasteiger partial charge in [-0.25, -0.2) is 0 Å². The molecule has 4 atom stereocenters. The number of nitrogens with one attached hydrogen (secondary N) is 1. The summed E-state index contributed by atoms with van der Waals surface area (Å²) in [5.74, 6) is -0.470. The van der Waals surface area contributed by atoms with E-state index >= 15 is 0 Å². The molecular weight excluding hydrogens is 382 g/mol. The van der Waals surface area contributed by atoms with E-state index in [0.29, 0.717) is 38.3 Å². The minimum atomic E-state index is -0.744. The Hall–Kier alpha value is -1.73. The highest BCUT2D eigenvalue weighted by molar-refractivity contribution is 6.08. The Labute approximate surface area is 180 Å². The summed E-state index contributed by atoms with van der Waals surface area (Å²) in [6.45, 7) is 12.2. The molecule has 4 unspecified atom stereocenters. The van der Waals surface area contributed by atoms with Crippen molar-refractivity contribution in [3.8, 4) is 0 Å². The Balaban J connectivity index is 1.63. The van der Waals surface area contributed by atoms with Gasteiger partial charge in [-0.3, -0.25) is 24.2 Å². The number of nitrogens with zero attached hydrogens (tertiary/aromatic N) is 2. The van der Waals surface area contributed by atoms with Crippen LogP contribution in [0.15, 0.2) is 12.2 Å². The standard InChI is InChI=1S/C23H37N3O4/c1-15(2)11-20(26-22(28)18-7-5-6-8-19(18)23(26)29)21(27)24-12-17-14-25(9-10-30-17)13-16(3)4/h5-6,15-20H,7-14H2,1-4H3,(H,24,27). The van der Waals surface area contributed by atoms with E-state index in [-0.39, 0.29) is 41.6 Å². The maximum Gasteiger partial charge on any atom is 0.243 e. The van der Waals surface area contributed by atoms with Gasteiger partial charge in [0.15, 0.2) is 0 Å². The molecule has 2 heterocycles. The molecule has 3 amide bonds. The zero-order chi connectivity index (χ0) is 21.8. The van der Waals surface area contributed by atoms with Gasteiger partial charge in [0.2, 0.25) is 17.7 Å². The second-order valence-electron chi connectivity index (χ2n) is 9.74. The molecular formula is C23H37N3O4. The first-order valence-electron chi connectivity index (χ1n) is 11.4. The summed E-state index contributed by atoms with van der Waals surface area (Å²) in [4.78, 5) is 42.7. The van der Waals surface area contributed by atoms with Crippen LogP contribution in [0.25, 0.3) is 0 Å². The Morgan fingerprint density at radius 3 is 2.30 bits per heavy atom. The number of hydrogen-bond acceptors (Lipinski definition) is 5. The van der Waals surface area contributed by atoms with E-state index in [1.54, 1.807) is 0 Å². The fourth-order valence-corrected chi connectivity index (χ4v) is 4.83. The van der Waals surface area contributed by atoms with Gasteiger partial charge in [0.25, 0.3) is 0 Å². The lowest BCUT2D eigenvalue weighted by atomic mass is 9.85. The molecule has 2 saturated heterocycles. The van der Waals surface area contributed by atoms with Crippen LogP contribution in [0.4, 0.5) is 0 Å². The van der Waals surface area contributed by atoms with E-state index in [0.717, 1.165) is 19.6 Å². The van der Waals surface area contributed by atoms with E-state index in [1.165, 1.54) is 4.90 Å². The van der Waals surface area contributed by atoms with Gasteiger partial charge in [-0.05, 0) is 31.1 Å². The van der Waals surface area contributed by atoms with Gasteiger partial charge in [0, 0.05) is 26.2 Å². The lowest BCUT2D eigenvalue weighted by Crippen LogP contribution is -2.54. The van der Waals surface area contributed by atoms with Gasteiger partial charge < -0.3 is 10.1 Å².